The van der Waals surface area contributed by atoms with Crippen LogP contribution in [0.15, 0.2) is 0 Å². The monoisotopic (exact) mass is 224 g/mol. The zero-order chi connectivity index (χ0) is 11.4. The van der Waals surface area contributed by atoms with Crippen LogP contribution in [0.1, 0.15) is 52.4 Å². The molecule has 0 aliphatic carbocycles. The molecule has 2 heteroatoms. The summed E-state index contributed by atoms with van der Waals surface area (Å²) in [4.78, 5) is 2.67. The lowest BCUT2D eigenvalue weighted by Crippen LogP contribution is -2.41. The van der Waals surface area contributed by atoms with Crippen molar-refractivity contribution in [1.29, 1.82) is 0 Å². The number of hydrogen-bond acceptors (Lipinski definition) is 2. The van der Waals surface area contributed by atoms with E-state index in [0.29, 0.717) is 5.41 Å². The Kier molecular flexibility index (Phi) is 4.26. The summed E-state index contributed by atoms with van der Waals surface area (Å²) in [6.07, 6.45) is 8.34. The van der Waals surface area contributed by atoms with Gasteiger partial charge in [-0.05, 0) is 63.7 Å². The van der Waals surface area contributed by atoms with Crippen molar-refractivity contribution < 1.29 is 0 Å². The van der Waals surface area contributed by atoms with Crippen LogP contribution in [0.4, 0.5) is 0 Å². The van der Waals surface area contributed by atoms with Crippen LogP contribution >= 0.6 is 0 Å². The normalized spacial score (nSPS) is 31.5. The second-order valence-corrected chi connectivity index (χ2v) is 6.44. The van der Waals surface area contributed by atoms with Gasteiger partial charge in [-0.15, -0.1) is 0 Å². The van der Waals surface area contributed by atoms with Crippen LogP contribution in [-0.4, -0.2) is 37.1 Å². The van der Waals surface area contributed by atoms with Gasteiger partial charge in [0.05, 0.1) is 0 Å². The summed E-state index contributed by atoms with van der Waals surface area (Å²) in [7, 11) is 0. The average molecular weight is 224 g/mol. The van der Waals surface area contributed by atoms with E-state index in [-0.39, 0.29) is 0 Å². The summed E-state index contributed by atoms with van der Waals surface area (Å²) in [5.74, 6) is 0. The third-order valence-corrected chi connectivity index (χ3v) is 4.42. The van der Waals surface area contributed by atoms with Crippen molar-refractivity contribution in [3.8, 4) is 0 Å². The number of rotatable bonds is 3. The first kappa shape index (κ1) is 12.4. The van der Waals surface area contributed by atoms with Gasteiger partial charge >= 0.3 is 0 Å². The largest absolute Gasteiger partial charge is 0.314 e. The second kappa shape index (κ2) is 5.50. The first-order valence-corrected chi connectivity index (χ1v) is 7.11. The lowest BCUT2D eigenvalue weighted by molar-refractivity contribution is 0.127. The fourth-order valence-electron chi connectivity index (χ4n) is 2.89. The number of hydrogen-bond donors (Lipinski definition) is 1. The Morgan fingerprint density at radius 3 is 2.56 bits per heavy atom. The maximum absolute atomic E-state index is 3.65. The number of likely N-dealkylation sites (tertiary alicyclic amines) is 1. The van der Waals surface area contributed by atoms with E-state index >= 15 is 0 Å². The molecule has 0 radical (unpaired) electrons. The Morgan fingerprint density at radius 1 is 1.19 bits per heavy atom. The van der Waals surface area contributed by atoms with Gasteiger partial charge in [-0.1, -0.05) is 20.3 Å². The SMILES string of the molecule is CC1(C)CCN(CCC2CCCCN2)CC1. The maximum Gasteiger partial charge on any atom is 0.00792 e. The maximum atomic E-state index is 3.65. The van der Waals surface area contributed by atoms with E-state index in [1.165, 1.54) is 64.7 Å². The Hall–Kier alpha value is -0.0800. The smallest absolute Gasteiger partial charge is 0.00792 e. The summed E-state index contributed by atoms with van der Waals surface area (Å²) in [6.45, 7) is 10.0. The van der Waals surface area contributed by atoms with Crippen LogP contribution in [0.3, 0.4) is 0 Å². The van der Waals surface area contributed by atoms with Crippen LogP contribution in [0.25, 0.3) is 0 Å². The van der Waals surface area contributed by atoms with E-state index in [9.17, 15) is 0 Å². The van der Waals surface area contributed by atoms with Crippen molar-refractivity contribution in [3.05, 3.63) is 0 Å². The van der Waals surface area contributed by atoms with Crippen molar-refractivity contribution in [2.24, 2.45) is 5.41 Å². The molecule has 1 atom stereocenters. The van der Waals surface area contributed by atoms with Gasteiger partial charge in [-0.2, -0.15) is 0 Å². The van der Waals surface area contributed by atoms with Crippen molar-refractivity contribution in [3.63, 3.8) is 0 Å². The summed E-state index contributed by atoms with van der Waals surface area (Å²) >= 11 is 0. The molecular formula is C14H28N2. The van der Waals surface area contributed by atoms with Crippen molar-refractivity contribution >= 4 is 0 Å². The molecule has 2 aliphatic heterocycles. The molecule has 2 saturated heterocycles. The molecular weight excluding hydrogens is 196 g/mol. The summed E-state index contributed by atoms with van der Waals surface area (Å²) in [6, 6.07) is 0.809. The highest BCUT2D eigenvalue weighted by Crippen LogP contribution is 2.29. The van der Waals surface area contributed by atoms with Gasteiger partial charge in [-0.25, -0.2) is 0 Å². The van der Waals surface area contributed by atoms with E-state index in [1.54, 1.807) is 0 Å². The zero-order valence-corrected chi connectivity index (χ0v) is 11.1. The molecule has 2 fully saturated rings. The van der Waals surface area contributed by atoms with Crippen LogP contribution in [0.5, 0.6) is 0 Å². The van der Waals surface area contributed by atoms with E-state index in [2.05, 4.69) is 24.1 Å². The van der Waals surface area contributed by atoms with Crippen molar-refractivity contribution in [1.82, 2.24) is 10.2 Å². The number of nitrogens with zero attached hydrogens (tertiary/aromatic N) is 1. The van der Waals surface area contributed by atoms with Gasteiger partial charge in [0.2, 0.25) is 0 Å². The first-order chi connectivity index (χ1) is 7.66. The standard InChI is InChI=1S/C14H28N2/c1-14(2)7-11-16(12-8-14)10-6-13-5-3-4-9-15-13/h13,15H,3-12H2,1-2H3. The van der Waals surface area contributed by atoms with Gasteiger partial charge in [0, 0.05) is 6.04 Å². The molecule has 2 rings (SSSR count). The Bertz CT molecular complexity index is 197. The third-order valence-electron chi connectivity index (χ3n) is 4.42. The first-order valence-electron chi connectivity index (χ1n) is 7.11. The molecule has 1 N–H and O–H groups in total. The van der Waals surface area contributed by atoms with E-state index in [1.807, 2.05) is 0 Å². The third kappa shape index (κ3) is 3.74. The highest BCUT2D eigenvalue weighted by Gasteiger charge is 2.25. The average Bonchev–Trinajstić information content (AvgIpc) is 2.29. The van der Waals surface area contributed by atoms with Gasteiger partial charge in [0.25, 0.3) is 0 Å². The molecule has 2 nitrogen and oxygen atoms in total. The summed E-state index contributed by atoms with van der Waals surface area (Å²) < 4.78 is 0. The van der Waals surface area contributed by atoms with Gasteiger partial charge in [0.15, 0.2) is 0 Å². The molecule has 0 aromatic heterocycles. The van der Waals surface area contributed by atoms with Gasteiger partial charge < -0.3 is 10.2 Å². The van der Waals surface area contributed by atoms with Crippen LogP contribution in [0, 0.1) is 5.41 Å². The molecule has 2 heterocycles. The van der Waals surface area contributed by atoms with Crippen LogP contribution in [-0.2, 0) is 0 Å². The molecule has 0 saturated carbocycles. The molecule has 0 aromatic carbocycles. The zero-order valence-electron chi connectivity index (χ0n) is 11.1. The molecule has 2 aliphatic rings. The summed E-state index contributed by atoms with van der Waals surface area (Å²) in [5.41, 5.74) is 0.597. The highest BCUT2D eigenvalue weighted by molar-refractivity contribution is 4.80. The fraction of sp³-hybridized carbons (Fsp3) is 1.00. The Labute approximate surface area is 101 Å². The Morgan fingerprint density at radius 2 is 1.94 bits per heavy atom. The van der Waals surface area contributed by atoms with E-state index in [4.69, 9.17) is 0 Å². The van der Waals surface area contributed by atoms with E-state index in [0.717, 1.165) is 6.04 Å². The number of nitrogens with one attached hydrogen (secondary N) is 1. The number of piperidine rings is 2. The predicted molar refractivity (Wildman–Crippen MR) is 69.7 cm³/mol. The van der Waals surface area contributed by atoms with Crippen molar-refractivity contribution in [2.45, 2.75) is 58.4 Å². The highest BCUT2D eigenvalue weighted by atomic mass is 15.1. The topological polar surface area (TPSA) is 15.3 Å². The molecule has 0 amide bonds. The lowest BCUT2D eigenvalue weighted by Gasteiger charge is -2.37. The molecule has 94 valence electrons. The minimum atomic E-state index is 0.597. The van der Waals surface area contributed by atoms with Gasteiger partial charge in [0.1, 0.15) is 0 Å². The van der Waals surface area contributed by atoms with Crippen LogP contribution in [0.2, 0.25) is 0 Å². The molecule has 0 bridgehead atoms. The summed E-state index contributed by atoms with van der Waals surface area (Å²) in [5, 5.41) is 3.65. The molecule has 0 aromatic rings. The van der Waals surface area contributed by atoms with Crippen LogP contribution < -0.4 is 5.32 Å². The Balaban J connectivity index is 1.63. The minimum Gasteiger partial charge on any atom is -0.314 e. The molecule has 16 heavy (non-hydrogen) atoms. The second-order valence-electron chi connectivity index (χ2n) is 6.44. The fourth-order valence-corrected chi connectivity index (χ4v) is 2.89. The predicted octanol–water partition coefficient (Wildman–Crippen LogP) is 2.64. The van der Waals surface area contributed by atoms with Gasteiger partial charge in [-0.3, -0.25) is 0 Å². The lowest BCUT2D eigenvalue weighted by atomic mass is 9.82. The van der Waals surface area contributed by atoms with Crippen molar-refractivity contribution in [2.75, 3.05) is 26.2 Å². The molecule has 1 unspecified atom stereocenters. The molecule has 0 spiro atoms. The minimum absolute atomic E-state index is 0.597. The quantitative estimate of drug-likeness (QED) is 0.793. The van der Waals surface area contributed by atoms with E-state index < -0.39 is 0 Å².